The molecule has 2 aromatic carbocycles. The van der Waals surface area contributed by atoms with Gasteiger partial charge in [-0.1, -0.05) is 0 Å². The van der Waals surface area contributed by atoms with Gasteiger partial charge >= 0.3 is 0 Å². The number of ether oxygens (including phenoxy) is 2. The minimum absolute atomic E-state index is 0.0730. The minimum atomic E-state index is -0.0730. The van der Waals surface area contributed by atoms with Crippen LogP contribution in [0.4, 0.5) is 0 Å². The van der Waals surface area contributed by atoms with E-state index in [2.05, 4.69) is 9.80 Å². The lowest BCUT2D eigenvalue weighted by Gasteiger charge is -2.14. The van der Waals surface area contributed by atoms with Gasteiger partial charge in [-0.3, -0.25) is 4.79 Å². The van der Waals surface area contributed by atoms with E-state index in [0.29, 0.717) is 46.7 Å². The molecule has 156 valence electrons. The van der Waals surface area contributed by atoms with Crippen LogP contribution in [0.1, 0.15) is 11.1 Å². The molecular formula is C23H30N2O4. The predicted octanol–water partition coefficient (Wildman–Crippen LogP) is 3.44. The quantitative estimate of drug-likeness (QED) is 0.542. The van der Waals surface area contributed by atoms with Gasteiger partial charge in [-0.05, 0) is 77.4 Å². The van der Waals surface area contributed by atoms with Gasteiger partial charge in [0, 0.05) is 13.1 Å². The van der Waals surface area contributed by atoms with Crippen molar-refractivity contribution in [2.24, 2.45) is 0 Å². The third-order valence-corrected chi connectivity index (χ3v) is 4.86. The Balaban J connectivity index is 2.01. The number of fused-ring (bicyclic) bond motifs is 2. The Bertz CT molecular complexity index is 989. The number of benzene rings is 2. The van der Waals surface area contributed by atoms with Crippen LogP contribution in [0.3, 0.4) is 0 Å². The van der Waals surface area contributed by atoms with Gasteiger partial charge in [0.1, 0.15) is 35.9 Å². The average Bonchev–Trinajstić information content (AvgIpc) is 2.63. The summed E-state index contributed by atoms with van der Waals surface area (Å²) in [6.45, 7) is 6.64. The average molecular weight is 399 g/mol. The molecule has 0 spiro atoms. The van der Waals surface area contributed by atoms with Crippen molar-refractivity contribution < 1.29 is 13.9 Å². The largest absolute Gasteiger partial charge is 0.492 e. The molecule has 3 aromatic rings. The lowest BCUT2D eigenvalue weighted by atomic mass is 10.1. The fourth-order valence-corrected chi connectivity index (χ4v) is 3.10. The Hall–Kier alpha value is -2.57. The van der Waals surface area contributed by atoms with Crippen LogP contribution in [0, 0.1) is 13.8 Å². The van der Waals surface area contributed by atoms with Gasteiger partial charge in [0.25, 0.3) is 0 Å². The van der Waals surface area contributed by atoms with Crippen LogP contribution in [-0.4, -0.2) is 64.3 Å². The van der Waals surface area contributed by atoms with Crippen molar-refractivity contribution in [3.05, 3.63) is 45.6 Å². The molecule has 0 aliphatic rings. The zero-order chi connectivity index (χ0) is 21.1. The zero-order valence-corrected chi connectivity index (χ0v) is 18.2. The van der Waals surface area contributed by atoms with Crippen LogP contribution >= 0.6 is 0 Å². The maximum atomic E-state index is 13.2. The summed E-state index contributed by atoms with van der Waals surface area (Å²) in [5.41, 5.74) is 2.95. The second kappa shape index (κ2) is 8.84. The Morgan fingerprint density at radius 2 is 1.17 bits per heavy atom. The normalized spacial score (nSPS) is 11.7. The highest BCUT2D eigenvalue weighted by molar-refractivity contribution is 5.91. The number of hydrogen-bond donors (Lipinski definition) is 0. The molecule has 6 nitrogen and oxygen atoms in total. The van der Waals surface area contributed by atoms with Crippen LogP contribution in [0.25, 0.3) is 21.9 Å². The SMILES string of the molecule is Cc1cc2oc3cc(C)c(OCCN(C)C)cc3c(=O)c2cc1OCCN(C)C. The van der Waals surface area contributed by atoms with Gasteiger partial charge < -0.3 is 23.7 Å². The summed E-state index contributed by atoms with van der Waals surface area (Å²) in [7, 11) is 7.99. The molecule has 0 fully saturated rings. The van der Waals surface area contributed by atoms with E-state index in [1.165, 1.54) is 0 Å². The molecule has 0 aliphatic heterocycles. The smallest absolute Gasteiger partial charge is 0.200 e. The molecule has 0 saturated heterocycles. The van der Waals surface area contributed by atoms with Crippen molar-refractivity contribution in [1.29, 1.82) is 0 Å². The monoisotopic (exact) mass is 398 g/mol. The second-order valence-corrected chi connectivity index (χ2v) is 7.96. The van der Waals surface area contributed by atoms with E-state index in [-0.39, 0.29) is 5.43 Å². The summed E-state index contributed by atoms with van der Waals surface area (Å²) in [5, 5.41) is 1.04. The molecule has 0 aliphatic carbocycles. The Morgan fingerprint density at radius 1 is 0.759 bits per heavy atom. The van der Waals surface area contributed by atoms with Crippen LogP contribution in [0.15, 0.2) is 33.5 Å². The summed E-state index contributed by atoms with van der Waals surface area (Å²) < 4.78 is 17.8. The number of likely N-dealkylation sites (N-methyl/N-ethyl adjacent to an activating group) is 2. The molecule has 1 heterocycles. The fourth-order valence-electron chi connectivity index (χ4n) is 3.10. The van der Waals surface area contributed by atoms with Crippen LogP contribution in [0.5, 0.6) is 11.5 Å². The second-order valence-electron chi connectivity index (χ2n) is 7.96. The molecule has 0 saturated carbocycles. The third kappa shape index (κ3) is 4.89. The molecule has 0 bridgehead atoms. The summed E-state index contributed by atoms with van der Waals surface area (Å²) in [4.78, 5) is 17.3. The highest BCUT2D eigenvalue weighted by Crippen LogP contribution is 2.29. The molecular weight excluding hydrogens is 368 g/mol. The number of aryl methyl sites for hydroxylation is 2. The predicted molar refractivity (Wildman–Crippen MR) is 118 cm³/mol. The maximum absolute atomic E-state index is 13.2. The van der Waals surface area contributed by atoms with Gasteiger partial charge in [-0.25, -0.2) is 0 Å². The van der Waals surface area contributed by atoms with Crippen molar-refractivity contribution >= 4 is 21.9 Å². The Labute approximate surface area is 171 Å². The van der Waals surface area contributed by atoms with Gasteiger partial charge in [-0.2, -0.15) is 0 Å². The zero-order valence-electron chi connectivity index (χ0n) is 18.2. The van der Waals surface area contributed by atoms with E-state index < -0.39 is 0 Å². The van der Waals surface area contributed by atoms with E-state index in [4.69, 9.17) is 13.9 Å². The van der Waals surface area contributed by atoms with Gasteiger partial charge in [0.15, 0.2) is 0 Å². The lowest BCUT2D eigenvalue weighted by Crippen LogP contribution is -2.19. The Kier molecular flexibility index (Phi) is 6.45. The van der Waals surface area contributed by atoms with Crippen molar-refractivity contribution in [3.8, 4) is 11.5 Å². The van der Waals surface area contributed by atoms with Crippen molar-refractivity contribution in [2.75, 3.05) is 54.5 Å². The van der Waals surface area contributed by atoms with Crippen LogP contribution in [0.2, 0.25) is 0 Å². The summed E-state index contributed by atoms with van der Waals surface area (Å²) in [6.07, 6.45) is 0. The molecule has 29 heavy (non-hydrogen) atoms. The first-order chi connectivity index (χ1) is 13.8. The van der Waals surface area contributed by atoms with Crippen LogP contribution < -0.4 is 14.9 Å². The highest BCUT2D eigenvalue weighted by atomic mass is 16.5. The van der Waals surface area contributed by atoms with E-state index >= 15 is 0 Å². The molecule has 0 atom stereocenters. The minimum Gasteiger partial charge on any atom is -0.492 e. The number of nitrogens with zero attached hydrogens (tertiary/aromatic N) is 2. The van der Waals surface area contributed by atoms with E-state index in [9.17, 15) is 4.79 Å². The third-order valence-electron chi connectivity index (χ3n) is 4.86. The van der Waals surface area contributed by atoms with Gasteiger partial charge in [-0.15, -0.1) is 0 Å². The van der Waals surface area contributed by atoms with Gasteiger partial charge in [0.05, 0.1) is 10.8 Å². The van der Waals surface area contributed by atoms with E-state index in [1.54, 1.807) is 12.1 Å². The van der Waals surface area contributed by atoms with Crippen molar-refractivity contribution in [2.45, 2.75) is 13.8 Å². The van der Waals surface area contributed by atoms with E-state index in [1.807, 2.05) is 54.2 Å². The van der Waals surface area contributed by atoms with Crippen LogP contribution in [-0.2, 0) is 0 Å². The van der Waals surface area contributed by atoms with Crippen molar-refractivity contribution in [3.63, 3.8) is 0 Å². The van der Waals surface area contributed by atoms with Crippen molar-refractivity contribution in [1.82, 2.24) is 9.80 Å². The fraction of sp³-hybridized carbons (Fsp3) is 0.435. The molecule has 0 amide bonds. The molecule has 1 aromatic heterocycles. The molecule has 3 rings (SSSR count). The highest BCUT2D eigenvalue weighted by Gasteiger charge is 2.14. The topological polar surface area (TPSA) is 55.1 Å². The molecule has 6 heteroatoms. The number of rotatable bonds is 8. The first-order valence-corrected chi connectivity index (χ1v) is 9.83. The molecule has 0 radical (unpaired) electrons. The molecule has 0 unspecified atom stereocenters. The molecule has 0 N–H and O–H groups in total. The summed E-state index contributed by atoms with van der Waals surface area (Å²) >= 11 is 0. The lowest BCUT2D eigenvalue weighted by molar-refractivity contribution is 0.260. The summed E-state index contributed by atoms with van der Waals surface area (Å²) in [6, 6.07) is 7.33. The standard InChI is InChI=1S/C23H30N2O4/c1-15-11-21-17(13-19(15)27-9-7-24(3)4)23(26)18-14-20(28-10-8-25(5)6)16(2)12-22(18)29-21/h11-14H,7-10H2,1-6H3. The van der Waals surface area contributed by atoms with E-state index in [0.717, 1.165) is 24.2 Å². The first kappa shape index (κ1) is 21.1. The van der Waals surface area contributed by atoms with Gasteiger partial charge in [0.2, 0.25) is 5.43 Å². The maximum Gasteiger partial charge on any atom is 0.200 e. The first-order valence-electron chi connectivity index (χ1n) is 9.83. The summed E-state index contributed by atoms with van der Waals surface area (Å²) in [5.74, 6) is 1.42. The Morgan fingerprint density at radius 3 is 1.55 bits per heavy atom. The number of hydrogen-bond acceptors (Lipinski definition) is 6.